The second-order valence-corrected chi connectivity index (χ2v) is 4.42. The van der Waals surface area contributed by atoms with Crippen molar-refractivity contribution < 1.29 is 14.3 Å². The van der Waals surface area contributed by atoms with Crippen LogP contribution in [0.25, 0.3) is 0 Å². The van der Waals surface area contributed by atoms with Crippen molar-refractivity contribution >= 4 is 6.09 Å². The summed E-state index contributed by atoms with van der Waals surface area (Å²) in [6.07, 6.45) is 1.29. The van der Waals surface area contributed by atoms with E-state index < -0.39 is 6.09 Å². The number of hydrogen-bond donors (Lipinski definition) is 0. The van der Waals surface area contributed by atoms with E-state index in [0.717, 1.165) is 5.69 Å². The monoisotopic (exact) mass is 286 g/mol. The molecule has 2 aromatic rings. The van der Waals surface area contributed by atoms with E-state index in [4.69, 9.17) is 9.47 Å². The van der Waals surface area contributed by atoms with Crippen molar-refractivity contribution in [1.82, 2.24) is 9.88 Å². The smallest absolute Gasteiger partial charge is 0.410 e. The fraction of sp³-hybridized carbons (Fsp3) is 0.250. The number of ether oxygens (including phenoxy) is 2. The average Bonchev–Trinajstić information content (AvgIpc) is 2.53. The molecule has 0 unspecified atom stereocenters. The summed E-state index contributed by atoms with van der Waals surface area (Å²) in [7, 11) is 1.60. The molecule has 0 aliphatic rings. The van der Waals surface area contributed by atoms with Crippen molar-refractivity contribution in [2.24, 2.45) is 0 Å². The average molecular weight is 286 g/mol. The lowest BCUT2D eigenvalue weighted by molar-refractivity contribution is 0.120. The van der Waals surface area contributed by atoms with E-state index >= 15 is 0 Å². The maximum atomic E-state index is 12.2. The minimum atomic E-state index is -0.413. The van der Waals surface area contributed by atoms with Crippen LogP contribution in [0.3, 0.4) is 0 Å². The van der Waals surface area contributed by atoms with Gasteiger partial charge in [0.1, 0.15) is 5.75 Å². The third kappa shape index (κ3) is 4.89. The summed E-state index contributed by atoms with van der Waals surface area (Å²) in [4.78, 5) is 18.0. The Morgan fingerprint density at radius 2 is 1.90 bits per heavy atom. The number of benzene rings is 1. The molecule has 0 fully saturated rings. The van der Waals surface area contributed by atoms with Crippen LogP contribution < -0.4 is 4.74 Å². The van der Waals surface area contributed by atoms with E-state index in [0.29, 0.717) is 25.4 Å². The Hall–Kier alpha value is -2.40. The van der Waals surface area contributed by atoms with Crippen LogP contribution in [0, 0.1) is 0 Å². The SMILES string of the molecule is COCCN(Cc1ccccn1)C(=O)Oc1ccccc1. The van der Waals surface area contributed by atoms with Crippen molar-refractivity contribution in [3.8, 4) is 5.75 Å². The molecule has 0 aliphatic carbocycles. The molecular weight excluding hydrogens is 268 g/mol. The summed E-state index contributed by atoms with van der Waals surface area (Å²) in [5, 5.41) is 0. The predicted octanol–water partition coefficient (Wildman–Crippen LogP) is 2.73. The van der Waals surface area contributed by atoms with Gasteiger partial charge in [0.2, 0.25) is 0 Å². The van der Waals surface area contributed by atoms with Gasteiger partial charge in [-0.1, -0.05) is 24.3 Å². The van der Waals surface area contributed by atoms with E-state index in [1.165, 1.54) is 0 Å². The molecule has 1 amide bonds. The Morgan fingerprint density at radius 1 is 1.14 bits per heavy atom. The number of pyridine rings is 1. The van der Waals surface area contributed by atoms with E-state index in [1.807, 2.05) is 36.4 Å². The van der Waals surface area contributed by atoms with E-state index in [2.05, 4.69) is 4.98 Å². The zero-order valence-corrected chi connectivity index (χ0v) is 11.9. The number of methoxy groups -OCH3 is 1. The van der Waals surface area contributed by atoms with Gasteiger partial charge in [0.25, 0.3) is 0 Å². The summed E-state index contributed by atoms with van der Waals surface area (Å²) in [5.41, 5.74) is 0.804. The molecule has 5 heteroatoms. The first-order valence-corrected chi connectivity index (χ1v) is 6.70. The second-order valence-electron chi connectivity index (χ2n) is 4.42. The molecule has 0 bridgehead atoms. The van der Waals surface area contributed by atoms with Gasteiger partial charge in [0, 0.05) is 19.9 Å². The molecule has 2 rings (SSSR count). The predicted molar refractivity (Wildman–Crippen MR) is 79.0 cm³/mol. The molecule has 110 valence electrons. The molecule has 0 aliphatic heterocycles. The van der Waals surface area contributed by atoms with Crippen LogP contribution in [-0.4, -0.2) is 36.2 Å². The Kier molecular flexibility index (Phi) is 5.72. The van der Waals surface area contributed by atoms with Gasteiger partial charge >= 0.3 is 6.09 Å². The largest absolute Gasteiger partial charge is 0.415 e. The topological polar surface area (TPSA) is 51.7 Å². The molecule has 5 nitrogen and oxygen atoms in total. The molecule has 0 saturated heterocycles. The number of carbonyl (C=O) groups excluding carboxylic acids is 1. The van der Waals surface area contributed by atoms with Gasteiger partial charge in [-0.2, -0.15) is 0 Å². The number of nitrogens with zero attached hydrogens (tertiary/aromatic N) is 2. The number of amides is 1. The molecule has 0 N–H and O–H groups in total. The van der Waals surface area contributed by atoms with Crippen LogP contribution in [-0.2, 0) is 11.3 Å². The van der Waals surface area contributed by atoms with Crippen molar-refractivity contribution in [1.29, 1.82) is 0 Å². The van der Waals surface area contributed by atoms with Gasteiger partial charge in [0.05, 0.1) is 18.8 Å². The number of aromatic nitrogens is 1. The standard InChI is InChI=1S/C16H18N2O3/c1-20-12-11-18(13-14-7-5-6-10-17-14)16(19)21-15-8-3-2-4-9-15/h2-10H,11-13H2,1H3. The molecular formula is C16H18N2O3. The molecule has 0 saturated carbocycles. The first kappa shape index (κ1) is 15.0. The molecule has 1 aromatic heterocycles. The number of carbonyl (C=O) groups is 1. The summed E-state index contributed by atoms with van der Waals surface area (Å²) < 4.78 is 10.4. The van der Waals surface area contributed by atoms with Crippen LogP contribution in [0.5, 0.6) is 5.75 Å². The number of rotatable bonds is 6. The minimum Gasteiger partial charge on any atom is -0.410 e. The van der Waals surface area contributed by atoms with Crippen molar-refractivity contribution in [2.45, 2.75) is 6.54 Å². The fourth-order valence-corrected chi connectivity index (χ4v) is 1.78. The van der Waals surface area contributed by atoms with Crippen molar-refractivity contribution in [2.75, 3.05) is 20.3 Å². The lowest BCUT2D eigenvalue weighted by Crippen LogP contribution is -2.35. The quantitative estimate of drug-likeness (QED) is 0.819. The number of para-hydroxylation sites is 1. The Morgan fingerprint density at radius 3 is 2.57 bits per heavy atom. The highest BCUT2D eigenvalue weighted by Crippen LogP contribution is 2.11. The maximum absolute atomic E-state index is 12.2. The third-order valence-electron chi connectivity index (χ3n) is 2.85. The summed E-state index contributed by atoms with van der Waals surface area (Å²) in [6, 6.07) is 14.6. The zero-order valence-electron chi connectivity index (χ0n) is 11.9. The molecule has 0 radical (unpaired) electrons. The van der Waals surface area contributed by atoms with Crippen LogP contribution in [0.1, 0.15) is 5.69 Å². The van der Waals surface area contributed by atoms with E-state index in [-0.39, 0.29) is 0 Å². The van der Waals surface area contributed by atoms with Gasteiger partial charge in [-0.25, -0.2) is 4.79 Å². The highest BCUT2D eigenvalue weighted by atomic mass is 16.6. The summed E-state index contributed by atoms with van der Waals surface area (Å²) in [6.45, 7) is 1.27. The van der Waals surface area contributed by atoms with Gasteiger partial charge in [0.15, 0.2) is 0 Å². The van der Waals surface area contributed by atoms with Crippen LogP contribution in [0.4, 0.5) is 4.79 Å². The Labute approximate surface area is 124 Å². The highest BCUT2D eigenvalue weighted by molar-refractivity contribution is 5.70. The minimum absolute atomic E-state index is 0.385. The summed E-state index contributed by atoms with van der Waals surface area (Å²) in [5.74, 6) is 0.519. The van der Waals surface area contributed by atoms with Crippen molar-refractivity contribution in [3.63, 3.8) is 0 Å². The van der Waals surface area contributed by atoms with E-state index in [1.54, 1.807) is 30.3 Å². The molecule has 21 heavy (non-hydrogen) atoms. The molecule has 0 atom stereocenters. The van der Waals surface area contributed by atoms with Crippen molar-refractivity contribution in [3.05, 3.63) is 60.4 Å². The molecule has 1 aromatic carbocycles. The first-order chi connectivity index (χ1) is 10.3. The Balaban J connectivity index is 2.02. The second kappa shape index (κ2) is 8.01. The lowest BCUT2D eigenvalue weighted by atomic mass is 10.3. The third-order valence-corrected chi connectivity index (χ3v) is 2.85. The first-order valence-electron chi connectivity index (χ1n) is 6.70. The van der Waals surface area contributed by atoms with Crippen LogP contribution in [0.2, 0.25) is 0 Å². The molecule has 1 heterocycles. The van der Waals surface area contributed by atoms with Crippen LogP contribution in [0.15, 0.2) is 54.7 Å². The number of hydrogen-bond acceptors (Lipinski definition) is 4. The normalized spacial score (nSPS) is 10.1. The summed E-state index contributed by atoms with van der Waals surface area (Å²) >= 11 is 0. The maximum Gasteiger partial charge on any atom is 0.415 e. The zero-order chi connectivity index (χ0) is 14.9. The van der Waals surface area contributed by atoms with Gasteiger partial charge < -0.3 is 9.47 Å². The van der Waals surface area contributed by atoms with Gasteiger partial charge in [-0.3, -0.25) is 9.88 Å². The van der Waals surface area contributed by atoms with Gasteiger partial charge in [-0.05, 0) is 24.3 Å². The van der Waals surface area contributed by atoms with Gasteiger partial charge in [-0.15, -0.1) is 0 Å². The van der Waals surface area contributed by atoms with Crippen LogP contribution >= 0.6 is 0 Å². The Bertz CT molecular complexity index is 546. The lowest BCUT2D eigenvalue weighted by Gasteiger charge is -2.21. The molecule has 0 spiro atoms. The highest BCUT2D eigenvalue weighted by Gasteiger charge is 2.16. The van der Waals surface area contributed by atoms with E-state index in [9.17, 15) is 4.79 Å². The fourth-order valence-electron chi connectivity index (χ4n) is 1.78.